The Morgan fingerprint density at radius 3 is 2.47 bits per heavy atom. The number of rotatable bonds is 4. The summed E-state index contributed by atoms with van der Waals surface area (Å²) in [6.07, 6.45) is 0.778. The summed E-state index contributed by atoms with van der Waals surface area (Å²) in [5, 5.41) is 1.10. The normalized spacial score (nSPS) is 14.3. The minimum atomic E-state index is -0.298. The Bertz CT molecular complexity index is 314. The number of aryl methyl sites for hydroxylation is 2. The van der Waals surface area contributed by atoms with Crippen LogP contribution in [0.25, 0.3) is 0 Å². The fourth-order valence-corrected chi connectivity index (χ4v) is 2.20. The lowest BCUT2D eigenvalue weighted by Crippen LogP contribution is -2.46. The third kappa shape index (κ3) is 3.00. The van der Waals surface area contributed by atoms with Gasteiger partial charge in [0.25, 0.3) is 0 Å². The van der Waals surface area contributed by atoms with Crippen LogP contribution in [0.1, 0.15) is 29.4 Å². The maximum absolute atomic E-state index is 6.10. The molecule has 0 aromatic carbocycles. The van der Waals surface area contributed by atoms with Crippen molar-refractivity contribution in [1.29, 1.82) is 0 Å². The number of hydrogen-bond acceptors (Lipinski definition) is 4. The minimum absolute atomic E-state index is 0.0209. The Kier molecular flexibility index (Phi) is 3.87. The zero-order valence-corrected chi connectivity index (χ0v) is 10.9. The molecular weight excluding hydrogens is 208 g/mol. The van der Waals surface area contributed by atoms with E-state index in [9.17, 15) is 0 Å². The number of aromatic nitrogens is 1. The van der Waals surface area contributed by atoms with Gasteiger partial charge < -0.3 is 10.5 Å². The lowest BCUT2D eigenvalue weighted by Gasteiger charge is -2.29. The number of nitrogens with zero attached hydrogens (tertiary/aromatic N) is 1. The molecule has 0 spiro atoms. The second kappa shape index (κ2) is 4.60. The molecule has 0 radical (unpaired) electrons. The summed E-state index contributed by atoms with van der Waals surface area (Å²) in [7, 11) is 1.69. The van der Waals surface area contributed by atoms with Crippen LogP contribution < -0.4 is 5.73 Å². The van der Waals surface area contributed by atoms with Gasteiger partial charge in [-0.25, -0.2) is 4.98 Å². The molecule has 0 aliphatic heterocycles. The van der Waals surface area contributed by atoms with Gasteiger partial charge in [0.15, 0.2) is 0 Å². The lowest BCUT2D eigenvalue weighted by molar-refractivity contribution is 0.000790. The third-order valence-corrected chi connectivity index (χ3v) is 3.98. The molecule has 0 aliphatic rings. The van der Waals surface area contributed by atoms with Crippen LogP contribution in [0, 0.1) is 13.8 Å². The molecule has 3 nitrogen and oxygen atoms in total. The molecule has 0 saturated heterocycles. The van der Waals surface area contributed by atoms with Crippen LogP contribution >= 0.6 is 11.3 Å². The number of hydrogen-bond donors (Lipinski definition) is 1. The summed E-state index contributed by atoms with van der Waals surface area (Å²) >= 11 is 1.72. The SMILES string of the molecule is COC(C)(C)C(N)Cc1nc(C)c(C)s1. The first kappa shape index (κ1) is 12.6. The molecule has 0 aliphatic carbocycles. The maximum Gasteiger partial charge on any atom is 0.0947 e. The van der Waals surface area contributed by atoms with E-state index in [1.165, 1.54) is 4.88 Å². The van der Waals surface area contributed by atoms with Crippen LogP contribution in [0.5, 0.6) is 0 Å². The van der Waals surface area contributed by atoms with Gasteiger partial charge in [-0.15, -0.1) is 11.3 Å². The van der Waals surface area contributed by atoms with E-state index in [2.05, 4.69) is 11.9 Å². The third-order valence-electron chi connectivity index (χ3n) is 2.89. The highest BCUT2D eigenvalue weighted by molar-refractivity contribution is 7.11. The standard InChI is InChI=1S/C11H20N2OS/c1-7-8(2)15-10(13-7)6-9(12)11(3,4)14-5/h9H,6,12H2,1-5H3. The predicted molar refractivity (Wildman–Crippen MR) is 64.4 cm³/mol. The zero-order chi connectivity index (χ0) is 11.6. The van der Waals surface area contributed by atoms with Crippen LogP contribution in [0.3, 0.4) is 0 Å². The van der Waals surface area contributed by atoms with E-state index in [1.54, 1.807) is 18.4 Å². The number of ether oxygens (including phenoxy) is 1. The summed E-state index contributed by atoms with van der Waals surface area (Å²) in [6, 6.07) is -0.0209. The van der Waals surface area contributed by atoms with Gasteiger partial charge >= 0.3 is 0 Å². The zero-order valence-electron chi connectivity index (χ0n) is 10.1. The van der Waals surface area contributed by atoms with Crippen molar-refractivity contribution in [2.45, 2.75) is 45.8 Å². The monoisotopic (exact) mass is 228 g/mol. The Balaban J connectivity index is 2.70. The molecule has 15 heavy (non-hydrogen) atoms. The first-order chi connectivity index (χ1) is 6.86. The van der Waals surface area contributed by atoms with Crippen LogP contribution in [0.15, 0.2) is 0 Å². The average molecular weight is 228 g/mol. The van der Waals surface area contributed by atoms with Gasteiger partial charge in [0.1, 0.15) is 0 Å². The molecule has 1 aromatic heterocycles. The van der Waals surface area contributed by atoms with E-state index >= 15 is 0 Å². The smallest absolute Gasteiger partial charge is 0.0947 e. The van der Waals surface area contributed by atoms with Gasteiger partial charge in [0, 0.05) is 24.4 Å². The second-order valence-corrected chi connectivity index (χ2v) is 5.66. The predicted octanol–water partition coefficient (Wildman–Crippen LogP) is 2.05. The van der Waals surface area contributed by atoms with Gasteiger partial charge in [-0.05, 0) is 27.7 Å². The molecule has 1 atom stereocenters. The van der Waals surface area contributed by atoms with Crippen molar-refractivity contribution < 1.29 is 4.74 Å². The van der Waals surface area contributed by atoms with Crippen molar-refractivity contribution in [2.75, 3.05) is 7.11 Å². The molecule has 0 bridgehead atoms. The quantitative estimate of drug-likeness (QED) is 0.858. The summed E-state index contributed by atoms with van der Waals surface area (Å²) in [4.78, 5) is 5.75. The Morgan fingerprint density at radius 2 is 2.07 bits per heavy atom. The highest BCUT2D eigenvalue weighted by atomic mass is 32.1. The largest absolute Gasteiger partial charge is 0.377 e. The van der Waals surface area contributed by atoms with Crippen molar-refractivity contribution >= 4 is 11.3 Å². The molecule has 0 fully saturated rings. The van der Waals surface area contributed by atoms with Crippen molar-refractivity contribution in [3.05, 3.63) is 15.6 Å². The molecule has 0 saturated carbocycles. The van der Waals surface area contributed by atoms with Gasteiger partial charge in [-0.2, -0.15) is 0 Å². The molecule has 2 N–H and O–H groups in total. The fraction of sp³-hybridized carbons (Fsp3) is 0.727. The van der Waals surface area contributed by atoms with Crippen molar-refractivity contribution in [1.82, 2.24) is 4.98 Å². The molecule has 1 aromatic rings. The van der Waals surface area contributed by atoms with Gasteiger partial charge in [-0.1, -0.05) is 0 Å². The molecule has 86 valence electrons. The average Bonchev–Trinajstić information content (AvgIpc) is 2.46. The first-order valence-corrected chi connectivity index (χ1v) is 5.92. The Morgan fingerprint density at radius 1 is 1.47 bits per heavy atom. The second-order valence-electron chi connectivity index (χ2n) is 4.37. The van der Waals surface area contributed by atoms with Gasteiger partial charge in [0.2, 0.25) is 0 Å². The summed E-state index contributed by atoms with van der Waals surface area (Å²) < 4.78 is 5.36. The topological polar surface area (TPSA) is 48.1 Å². The highest BCUT2D eigenvalue weighted by Crippen LogP contribution is 2.21. The first-order valence-electron chi connectivity index (χ1n) is 5.10. The summed E-state index contributed by atoms with van der Waals surface area (Å²) in [5.74, 6) is 0. The summed E-state index contributed by atoms with van der Waals surface area (Å²) in [6.45, 7) is 8.13. The van der Waals surface area contributed by atoms with Gasteiger partial charge in [0.05, 0.1) is 16.3 Å². The van der Waals surface area contributed by atoms with Crippen LogP contribution in [-0.4, -0.2) is 23.7 Å². The van der Waals surface area contributed by atoms with Crippen molar-refractivity contribution in [2.24, 2.45) is 5.73 Å². The highest BCUT2D eigenvalue weighted by Gasteiger charge is 2.26. The van der Waals surface area contributed by atoms with Crippen molar-refractivity contribution in [3.8, 4) is 0 Å². The lowest BCUT2D eigenvalue weighted by atomic mass is 9.97. The molecule has 1 rings (SSSR count). The Labute approximate surface area is 95.7 Å². The molecule has 4 heteroatoms. The molecular formula is C11H20N2OS. The van der Waals surface area contributed by atoms with Gasteiger partial charge in [-0.3, -0.25) is 0 Å². The number of nitrogens with two attached hydrogens (primary N) is 1. The molecule has 1 unspecified atom stereocenters. The molecule has 0 amide bonds. The van der Waals surface area contributed by atoms with Crippen LogP contribution in [0.4, 0.5) is 0 Å². The summed E-state index contributed by atoms with van der Waals surface area (Å²) in [5.41, 5.74) is 6.91. The minimum Gasteiger partial charge on any atom is -0.377 e. The van der Waals surface area contributed by atoms with E-state index in [4.69, 9.17) is 10.5 Å². The maximum atomic E-state index is 6.10. The van der Waals surface area contributed by atoms with Crippen LogP contribution in [-0.2, 0) is 11.2 Å². The number of thiazole rings is 1. The van der Waals surface area contributed by atoms with E-state index in [0.717, 1.165) is 17.1 Å². The van der Waals surface area contributed by atoms with E-state index in [-0.39, 0.29) is 11.6 Å². The van der Waals surface area contributed by atoms with Crippen LogP contribution in [0.2, 0.25) is 0 Å². The van der Waals surface area contributed by atoms with E-state index in [1.807, 2.05) is 20.8 Å². The molecule has 1 heterocycles. The van der Waals surface area contributed by atoms with E-state index in [0.29, 0.717) is 0 Å². The Hall–Kier alpha value is -0.450. The fourth-order valence-electron chi connectivity index (χ4n) is 1.21. The van der Waals surface area contributed by atoms with E-state index < -0.39 is 0 Å². The number of methoxy groups -OCH3 is 1. The van der Waals surface area contributed by atoms with Crippen molar-refractivity contribution in [3.63, 3.8) is 0 Å².